The molecule has 1 unspecified atom stereocenters. The minimum atomic E-state index is -0.511. The van der Waals surface area contributed by atoms with Gasteiger partial charge in [0.2, 0.25) is 0 Å². The fourth-order valence-corrected chi connectivity index (χ4v) is 2.83. The minimum Gasteiger partial charge on any atom is -0.309 e. The van der Waals surface area contributed by atoms with Gasteiger partial charge in [-0.15, -0.1) is 11.3 Å². The highest BCUT2D eigenvalue weighted by atomic mass is 32.1. The Hall–Kier alpha value is -1.26. The Balaban J connectivity index is 2.59. The third kappa shape index (κ3) is 2.18. The van der Waals surface area contributed by atoms with Gasteiger partial charge in [0.15, 0.2) is 0 Å². The topological polar surface area (TPSA) is 12.0 Å². The van der Waals surface area contributed by atoms with Gasteiger partial charge in [-0.3, -0.25) is 0 Å². The van der Waals surface area contributed by atoms with Gasteiger partial charge in [-0.25, -0.2) is 8.78 Å². The maximum absolute atomic E-state index is 14.1. The monoisotopic (exact) mass is 267 g/mol. The molecule has 18 heavy (non-hydrogen) atoms. The second kappa shape index (κ2) is 5.16. The average molecular weight is 267 g/mol. The van der Waals surface area contributed by atoms with E-state index < -0.39 is 17.7 Å². The molecule has 96 valence electrons. The lowest BCUT2D eigenvalue weighted by molar-refractivity contribution is 0.517. The number of benzene rings is 1. The molecule has 0 radical (unpaired) electrons. The zero-order chi connectivity index (χ0) is 13.3. The summed E-state index contributed by atoms with van der Waals surface area (Å²) in [5.41, 5.74) is 1.48. The van der Waals surface area contributed by atoms with Crippen LogP contribution >= 0.6 is 11.3 Å². The SMILES string of the molecule is CNC(c1ccsc1C)c1c(F)ccc(C)c1F. The Morgan fingerprint density at radius 2 is 1.89 bits per heavy atom. The Morgan fingerprint density at radius 1 is 1.17 bits per heavy atom. The highest BCUT2D eigenvalue weighted by Gasteiger charge is 2.23. The van der Waals surface area contributed by atoms with Gasteiger partial charge in [0.25, 0.3) is 0 Å². The van der Waals surface area contributed by atoms with Crippen molar-refractivity contribution in [2.75, 3.05) is 7.05 Å². The molecule has 0 fully saturated rings. The summed E-state index contributed by atoms with van der Waals surface area (Å²) in [7, 11) is 1.71. The van der Waals surface area contributed by atoms with Crippen LogP contribution < -0.4 is 5.32 Å². The van der Waals surface area contributed by atoms with Crippen LogP contribution in [0.5, 0.6) is 0 Å². The summed E-state index contributed by atoms with van der Waals surface area (Å²) in [6.45, 7) is 3.60. The number of halogens is 2. The van der Waals surface area contributed by atoms with Crippen molar-refractivity contribution in [1.29, 1.82) is 0 Å². The molecule has 2 aromatic rings. The molecule has 0 aliphatic rings. The van der Waals surface area contributed by atoms with Gasteiger partial charge < -0.3 is 5.32 Å². The van der Waals surface area contributed by atoms with E-state index in [4.69, 9.17) is 0 Å². The number of rotatable bonds is 3. The molecule has 1 atom stereocenters. The summed E-state index contributed by atoms with van der Waals surface area (Å²) in [6.07, 6.45) is 0. The normalized spacial score (nSPS) is 12.7. The molecule has 0 aliphatic heterocycles. The maximum atomic E-state index is 14.1. The Kier molecular flexibility index (Phi) is 3.78. The number of nitrogens with one attached hydrogen (secondary N) is 1. The molecule has 0 spiro atoms. The molecule has 0 amide bonds. The van der Waals surface area contributed by atoms with Crippen LogP contribution in [0.1, 0.15) is 27.6 Å². The van der Waals surface area contributed by atoms with Crippen molar-refractivity contribution < 1.29 is 8.78 Å². The molecule has 1 nitrogen and oxygen atoms in total. The summed E-state index contributed by atoms with van der Waals surface area (Å²) in [5, 5.41) is 4.93. The van der Waals surface area contributed by atoms with E-state index in [0.717, 1.165) is 10.4 Å². The van der Waals surface area contributed by atoms with Gasteiger partial charge in [0.05, 0.1) is 6.04 Å². The third-order valence-electron chi connectivity index (χ3n) is 3.11. The first-order chi connectivity index (χ1) is 8.56. The molecular weight excluding hydrogens is 252 g/mol. The Bertz CT molecular complexity index is 563. The van der Waals surface area contributed by atoms with Crippen LogP contribution in [0, 0.1) is 25.5 Å². The first kappa shape index (κ1) is 13.2. The van der Waals surface area contributed by atoms with E-state index in [1.807, 2.05) is 18.4 Å². The number of aryl methyl sites for hydroxylation is 2. The summed E-state index contributed by atoms with van der Waals surface area (Å²) in [4.78, 5) is 1.06. The largest absolute Gasteiger partial charge is 0.309 e. The van der Waals surface area contributed by atoms with E-state index in [9.17, 15) is 8.78 Å². The molecule has 0 saturated carbocycles. The van der Waals surface area contributed by atoms with Crippen molar-refractivity contribution in [2.24, 2.45) is 0 Å². The van der Waals surface area contributed by atoms with E-state index in [1.54, 1.807) is 25.3 Å². The van der Waals surface area contributed by atoms with Crippen LogP contribution in [0.2, 0.25) is 0 Å². The number of hydrogen-bond donors (Lipinski definition) is 1. The van der Waals surface area contributed by atoms with E-state index >= 15 is 0 Å². The average Bonchev–Trinajstić information content (AvgIpc) is 2.76. The highest BCUT2D eigenvalue weighted by Crippen LogP contribution is 2.31. The van der Waals surface area contributed by atoms with Gasteiger partial charge in [0.1, 0.15) is 11.6 Å². The second-order valence-electron chi connectivity index (χ2n) is 4.25. The standard InChI is InChI=1S/C14H15F2NS/c1-8-4-5-11(15)12(13(8)16)14(17-3)10-6-7-18-9(10)2/h4-7,14,17H,1-3H3. The van der Waals surface area contributed by atoms with Crippen LogP contribution in [0.25, 0.3) is 0 Å². The Labute approximate surface area is 109 Å². The van der Waals surface area contributed by atoms with Gasteiger partial charge in [-0.05, 0) is 49.5 Å². The summed E-state index contributed by atoms with van der Waals surface area (Å²) in [6, 6.07) is 4.24. The van der Waals surface area contributed by atoms with Gasteiger partial charge in [-0.2, -0.15) is 0 Å². The quantitative estimate of drug-likeness (QED) is 0.887. The first-order valence-corrected chi connectivity index (χ1v) is 6.60. The zero-order valence-corrected chi connectivity index (χ0v) is 11.4. The smallest absolute Gasteiger partial charge is 0.134 e. The fraction of sp³-hybridized carbons (Fsp3) is 0.286. The van der Waals surface area contributed by atoms with Crippen LogP contribution in [0.3, 0.4) is 0 Å². The van der Waals surface area contributed by atoms with E-state index in [0.29, 0.717) is 5.56 Å². The molecular formula is C14H15F2NS. The second-order valence-corrected chi connectivity index (χ2v) is 5.37. The number of thiophene rings is 1. The third-order valence-corrected chi connectivity index (χ3v) is 3.97. The van der Waals surface area contributed by atoms with E-state index in [2.05, 4.69) is 5.32 Å². The lowest BCUT2D eigenvalue weighted by atomic mass is 9.96. The van der Waals surface area contributed by atoms with E-state index in [-0.39, 0.29) is 5.56 Å². The lowest BCUT2D eigenvalue weighted by Crippen LogP contribution is -2.21. The van der Waals surface area contributed by atoms with Crippen molar-refractivity contribution in [3.8, 4) is 0 Å². The molecule has 1 heterocycles. The van der Waals surface area contributed by atoms with Gasteiger partial charge >= 0.3 is 0 Å². The maximum Gasteiger partial charge on any atom is 0.134 e. The lowest BCUT2D eigenvalue weighted by Gasteiger charge is -2.19. The molecule has 1 N–H and O–H groups in total. The molecule has 2 rings (SSSR count). The minimum absolute atomic E-state index is 0.0963. The van der Waals surface area contributed by atoms with Crippen molar-refractivity contribution >= 4 is 11.3 Å². The molecule has 0 bridgehead atoms. The summed E-state index contributed by atoms with van der Waals surface area (Å²) < 4.78 is 28.1. The molecule has 1 aromatic heterocycles. The predicted molar refractivity (Wildman–Crippen MR) is 71.1 cm³/mol. The zero-order valence-electron chi connectivity index (χ0n) is 10.6. The van der Waals surface area contributed by atoms with Crippen molar-refractivity contribution in [3.05, 3.63) is 56.8 Å². The Morgan fingerprint density at radius 3 is 2.44 bits per heavy atom. The molecule has 1 aromatic carbocycles. The summed E-state index contributed by atoms with van der Waals surface area (Å²) in [5.74, 6) is -0.983. The van der Waals surface area contributed by atoms with E-state index in [1.165, 1.54) is 12.1 Å². The van der Waals surface area contributed by atoms with Crippen molar-refractivity contribution in [3.63, 3.8) is 0 Å². The highest BCUT2D eigenvalue weighted by molar-refractivity contribution is 7.10. The van der Waals surface area contributed by atoms with Crippen LogP contribution in [-0.4, -0.2) is 7.05 Å². The van der Waals surface area contributed by atoms with Crippen LogP contribution in [0.15, 0.2) is 23.6 Å². The van der Waals surface area contributed by atoms with Gasteiger partial charge in [0, 0.05) is 10.4 Å². The van der Waals surface area contributed by atoms with Crippen LogP contribution in [0.4, 0.5) is 8.78 Å². The number of hydrogen-bond acceptors (Lipinski definition) is 2. The molecule has 0 saturated heterocycles. The van der Waals surface area contributed by atoms with Crippen molar-refractivity contribution in [2.45, 2.75) is 19.9 Å². The molecule has 0 aliphatic carbocycles. The first-order valence-electron chi connectivity index (χ1n) is 5.72. The fourth-order valence-electron chi connectivity index (χ4n) is 2.09. The van der Waals surface area contributed by atoms with Gasteiger partial charge in [-0.1, -0.05) is 6.07 Å². The van der Waals surface area contributed by atoms with Crippen molar-refractivity contribution in [1.82, 2.24) is 5.32 Å². The van der Waals surface area contributed by atoms with Crippen LogP contribution in [-0.2, 0) is 0 Å². The molecule has 4 heteroatoms. The summed E-state index contributed by atoms with van der Waals surface area (Å²) >= 11 is 1.57. The predicted octanol–water partition coefficient (Wildman–Crippen LogP) is 3.95.